The third-order valence-corrected chi connectivity index (χ3v) is 3.96. The summed E-state index contributed by atoms with van der Waals surface area (Å²) < 4.78 is 1.74. The molecule has 6 heteroatoms. The van der Waals surface area contributed by atoms with Gasteiger partial charge >= 0.3 is 0 Å². The molecule has 126 valence electrons. The van der Waals surface area contributed by atoms with Gasteiger partial charge in [-0.1, -0.05) is 13.8 Å². The third kappa shape index (κ3) is 5.29. The summed E-state index contributed by atoms with van der Waals surface area (Å²) in [7, 11) is 0. The average Bonchev–Trinajstić information content (AvgIpc) is 2.70. The van der Waals surface area contributed by atoms with Gasteiger partial charge in [0.1, 0.15) is 0 Å². The number of aryl methyl sites for hydroxylation is 2. The number of carbonyl (C=O) groups excluding carboxylic acids is 1. The van der Waals surface area contributed by atoms with Crippen LogP contribution in [0, 0.1) is 19.8 Å². The summed E-state index contributed by atoms with van der Waals surface area (Å²) in [6.07, 6.45) is 1.59. The summed E-state index contributed by atoms with van der Waals surface area (Å²) in [4.78, 5) is 12.4. The van der Waals surface area contributed by atoms with Crippen LogP contribution in [0.3, 0.4) is 0 Å². The monoisotopic (exact) mass is 329 g/mol. The Morgan fingerprint density at radius 3 is 2.64 bits per heavy atom. The Hall–Kier alpha value is -1.07. The fraction of sp³-hybridized carbons (Fsp3) is 0.750. The van der Waals surface area contributed by atoms with Crippen LogP contribution in [0.4, 0.5) is 0 Å². The molecule has 1 aromatic rings. The van der Waals surface area contributed by atoms with Crippen molar-refractivity contribution in [2.75, 3.05) is 12.4 Å². The van der Waals surface area contributed by atoms with Gasteiger partial charge in [-0.05, 0) is 39.5 Å². The molecule has 1 rings (SSSR count). The second-order valence-corrected chi connectivity index (χ2v) is 6.95. The minimum Gasteiger partial charge on any atom is -0.388 e. The third-order valence-electron chi connectivity index (χ3n) is 3.79. The predicted molar refractivity (Wildman–Crippen MR) is 89.5 cm³/mol. The van der Waals surface area contributed by atoms with Crippen LogP contribution >= 0.6 is 11.6 Å². The Kier molecular flexibility index (Phi) is 6.88. The number of alkyl halides is 1. The van der Waals surface area contributed by atoms with Crippen molar-refractivity contribution in [2.24, 2.45) is 5.92 Å². The first kappa shape index (κ1) is 19.0. The van der Waals surface area contributed by atoms with E-state index in [0.717, 1.165) is 12.1 Å². The molecule has 0 fully saturated rings. The summed E-state index contributed by atoms with van der Waals surface area (Å²) >= 11 is 5.74. The molecule has 0 aromatic carbocycles. The zero-order chi connectivity index (χ0) is 16.9. The van der Waals surface area contributed by atoms with Crippen LogP contribution in [0.1, 0.15) is 55.4 Å². The van der Waals surface area contributed by atoms with Gasteiger partial charge in [0.15, 0.2) is 0 Å². The van der Waals surface area contributed by atoms with Crippen LogP contribution in [0.25, 0.3) is 0 Å². The molecule has 0 saturated heterocycles. The molecule has 22 heavy (non-hydrogen) atoms. The molecule has 0 aliphatic rings. The van der Waals surface area contributed by atoms with Crippen molar-refractivity contribution < 1.29 is 9.90 Å². The lowest BCUT2D eigenvalue weighted by Crippen LogP contribution is -2.41. The topological polar surface area (TPSA) is 67.2 Å². The van der Waals surface area contributed by atoms with Gasteiger partial charge in [0.2, 0.25) is 0 Å². The number of halogens is 1. The predicted octanol–water partition coefficient (Wildman–Crippen LogP) is 2.66. The van der Waals surface area contributed by atoms with Crippen molar-refractivity contribution >= 4 is 17.5 Å². The molecule has 1 amide bonds. The average molecular weight is 330 g/mol. The Balaban J connectivity index is 2.70. The molecule has 0 radical (unpaired) electrons. The summed E-state index contributed by atoms with van der Waals surface area (Å²) in [5.74, 6) is 0.786. The van der Waals surface area contributed by atoms with Crippen LogP contribution in [0.2, 0.25) is 0 Å². The standard InChI is InChI=1S/C16H28ClN3O2/c1-11(2)6-7-16(5,22)10-18-15(21)14-12(3)19-20(9-8-17)13(14)4/h11,22H,6-10H2,1-5H3,(H,18,21). The molecule has 1 atom stereocenters. The fourth-order valence-electron chi connectivity index (χ4n) is 2.37. The van der Waals surface area contributed by atoms with Gasteiger partial charge < -0.3 is 10.4 Å². The van der Waals surface area contributed by atoms with Crippen LogP contribution in [-0.4, -0.2) is 38.8 Å². The van der Waals surface area contributed by atoms with Crippen LogP contribution < -0.4 is 5.32 Å². The minimum atomic E-state index is -0.895. The molecule has 1 heterocycles. The first-order chi connectivity index (χ1) is 10.2. The number of rotatable bonds is 8. The number of nitrogens with zero attached hydrogens (tertiary/aromatic N) is 2. The summed E-state index contributed by atoms with van der Waals surface area (Å²) in [6, 6.07) is 0. The molecule has 2 N–H and O–H groups in total. The number of carbonyl (C=O) groups is 1. The van der Waals surface area contributed by atoms with E-state index in [1.165, 1.54) is 0 Å². The number of amides is 1. The Bertz CT molecular complexity index is 510. The van der Waals surface area contributed by atoms with Gasteiger partial charge in [0.25, 0.3) is 5.91 Å². The van der Waals surface area contributed by atoms with E-state index < -0.39 is 5.60 Å². The highest BCUT2D eigenvalue weighted by Crippen LogP contribution is 2.17. The van der Waals surface area contributed by atoms with Gasteiger partial charge in [-0.3, -0.25) is 9.48 Å². The van der Waals surface area contributed by atoms with Gasteiger partial charge in [-0.2, -0.15) is 5.10 Å². The summed E-state index contributed by atoms with van der Waals surface area (Å²) in [6.45, 7) is 10.5. The molecule has 0 saturated carbocycles. The van der Waals surface area contributed by atoms with Crippen molar-refractivity contribution in [3.63, 3.8) is 0 Å². The summed E-state index contributed by atoms with van der Waals surface area (Å²) in [5.41, 5.74) is 1.16. The fourth-order valence-corrected chi connectivity index (χ4v) is 2.53. The normalized spacial score (nSPS) is 14.2. The number of hydrogen-bond donors (Lipinski definition) is 2. The number of aromatic nitrogens is 2. The van der Waals surface area contributed by atoms with E-state index in [9.17, 15) is 9.90 Å². The van der Waals surface area contributed by atoms with Crippen molar-refractivity contribution in [1.29, 1.82) is 0 Å². The molecule has 5 nitrogen and oxygen atoms in total. The maximum absolute atomic E-state index is 12.4. The Morgan fingerprint density at radius 2 is 2.09 bits per heavy atom. The smallest absolute Gasteiger partial charge is 0.255 e. The lowest BCUT2D eigenvalue weighted by atomic mass is 9.95. The lowest BCUT2D eigenvalue weighted by Gasteiger charge is -2.24. The van der Waals surface area contributed by atoms with E-state index in [2.05, 4.69) is 24.3 Å². The summed E-state index contributed by atoms with van der Waals surface area (Å²) in [5, 5.41) is 17.5. The first-order valence-electron chi connectivity index (χ1n) is 7.78. The SMILES string of the molecule is Cc1nn(CCCl)c(C)c1C(=O)NCC(C)(O)CCC(C)C. The van der Waals surface area contributed by atoms with E-state index in [-0.39, 0.29) is 12.5 Å². The van der Waals surface area contributed by atoms with E-state index in [4.69, 9.17) is 11.6 Å². The largest absolute Gasteiger partial charge is 0.388 e. The van der Waals surface area contributed by atoms with Crippen LogP contribution in [-0.2, 0) is 6.54 Å². The molecule has 0 spiro atoms. The molecule has 1 unspecified atom stereocenters. The van der Waals surface area contributed by atoms with Crippen molar-refractivity contribution in [1.82, 2.24) is 15.1 Å². The van der Waals surface area contributed by atoms with Gasteiger partial charge in [0.05, 0.1) is 23.4 Å². The number of aliphatic hydroxyl groups is 1. The van der Waals surface area contributed by atoms with Gasteiger partial charge in [0, 0.05) is 18.1 Å². The van der Waals surface area contributed by atoms with Gasteiger partial charge in [-0.15, -0.1) is 11.6 Å². The Morgan fingerprint density at radius 1 is 1.45 bits per heavy atom. The Labute approximate surface area is 138 Å². The van der Waals surface area contributed by atoms with Crippen LogP contribution in [0.5, 0.6) is 0 Å². The molecule has 1 aromatic heterocycles. The zero-order valence-electron chi connectivity index (χ0n) is 14.2. The highest BCUT2D eigenvalue weighted by molar-refractivity contribution is 6.17. The van der Waals surface area contributed by atoms with Gasteiger partial charge in [-0.25, -0.2) is 0 Å². The first-order valence-corrected chi connectivity index (χ1v) is 8.32. The quantitative estimate of drug-likeness (QED) is 0.720. The maximum atomic E-state index is 12.4. The molecule has 0 aliphatic heterocycles. The van der Waals surface area contributed by atoms with Crippen molar-refractivity contribution in [3.05, 3.63) is 17.0 Å². The molecular formula is C16H28ClN3O2. The second-order valence-electron chi connectivity index (χ2n) is 6.57. The van der Waals surface area contributed by atoms with Crippen molar-refractivity contribution in [2.45, 2.75) is 59.6 Å². The lowest BCUT2D eigenvalue weighted by molar-refractivity contribution is 0.0429. The minimum absolute atomic E-state index is 0.194. The highest BCUT2D eigenvalue weighted by atomic mass is 35.5. The van der Waals surface area contributed by atoms with E-state index in [1.807, 2.05) is 13.8 Å². The number of hydrogen-bond acceptors (Lipinski definition) is 3. The van der Waals surface area contributed by atoms with Crippen molar-refractivity contribution in [3.8, 4) is 0 Å². The molecular weight excluding hydrogens is 302 g/mol. The molecule has 0 aliphatic carbocycles. The zero-order valence-corrected chi connectivity index (χ0v) is 15.0. The van der Waals surface area contributed by atoms with Crippen LogP contribution in [0.15, 0.2) is 0 Å². The number of nitrogens with one attached hydrogen (secondary N) is 1. The maximum Gasteiger partial charge on any atom is 0.255 e. The van der Waals surface area contributed by atoms with E-state index in [0.29, 0.717) is 36.0 Å². The van der Waals surface area contributed by atoms with E-state index in [1.54, 1.807) is 11.6 Å². The second kappa shape index (κ2) is 7.97. The van der Waals surface area contributed by atoms with E-state index >= 15 is 0 Å². The highest BCUT2D eigenvalue weighted by Gasteiger charge is 2.24. The molecule has 0 bridgehead atoms.